The van der Waals surface area contributed by atoms with Crippen molar-refractivity contribution in [2.75, 3.05) is 32.8 Å². The lowest BCUT2D eigenvalue weighted by molar-refractivity contribution is 0.0590. The summed E-state index contributed by atoms with van der Waals surface area (Å²) in [5, 5.41) is 4.39. The van der Waals surface area contributed by atoms with Gasteiger partial charge in [-0.3, -0.25) is 9.80 Å². The molecule has 3 aromatic rings. The van der Waals surface area contributed by atoms with Crippen molar-refractivity contribution in [1.29, 1.82) is 0 Å². The van der Waals surface area contributed by atoms with Gasteiger partial charge in [0.05, 0.1) is 12.1 Å². The number of piperazine rings is 1. The van der Waals surface area contributed by atoms with Crippen LogP contribution in [0.3, 0.4) is 0 Å². The van der Waals surface area contributed by atoms with Gasteiger partial charge in [0.25, 0.3) is 0 Å². The number of fused-ring (bicyclic) bond motifs is 3. The Bertz CT molecular complexity index is 1160. The van der Waals surface area contributed by atoms with E-state index >= 15 is 0 Å². The van der Waals surface area contributed by atoms with E-state index in [9.17, 15) is 0 Å². The highest BCUT2D eigenvalue weighted by Gasteiger charge is 2.27. The fraction of sp³-hybridized carbons (Fsp3) is 0.577. The summed E-state index contributed by atoms with van der Waals surface area (Å²) in [6, 6.07) is 4.71. The van der Waals surface area contributed by atoms with Gasteiger partial charge in [-0.2, -0.15) is 5.10 Å². The maximum Gasteiger partial charge on any atom is 0.178 e. The Labute approximate surface area is 202 Å². The molecule has 8 nitrogen and oxygen atoms in total. The molecule has 0 atom stereocenters. The first-order valence-corrected chi connectivity index (χ1v) is 12.4. The molecule has 1 aromatic carbocycles. The SMILES string of the molecule is Cc1cc2c(cc1CN1CCN(C(C)(C)C)CC1)-c1nc(-c3ncnn3C(C)C)cn1CCO2. The Hall–Kier alpha value is -2.71. The number of nitrogens with zero attached hydrogens (tertiary/aromatic N) is 7. The summed E-state index contributed by atoms with van der Waals surface area (Å²) in [7, 11) is 0. The fourth-order valence-electron chi connectivity index (χ4n) is 4.98. The van der Waals surface area contributed by atoms with Gasteiger partial charge in [-0.25, -0.2) is 14.6 Å². The number of ether oxygens (including phenoxy) is 1. The summed E-state index contributed by atoms with van der Waals surface area (Å²) in [6.45, 7) is 20.1. The summed E-state index contributed by atoms with van der Waals surface area (Å²) in [6.07, 6.45) is 3.69. The second-order valence-corrected chi connectivity index (χ2v) is 10.8. The van der Waals surface area contributed by atoms with Gasteiger partial charge in [-0.1, -0.05) is 0 Å². The highest BCUT2D eigenvalue weighted by Crippen LogP contribution is 2.36. The van der Waals surface area contributed by atoms with Crippen molar-refractivity contribution < 1.29 is 4.74 Å². The Morgan fingerprint density at radius 2 is 1.79 bits per heavy atom. The van der Waals surface area contributed by atoms with E-state index in [1.807, 2.05) is 4.68 Å². The molecule has 182 valence electrons. The van der Waals surface area contributed by atoms with E-state index in [0.29, 0.717) is 6.61 Å². The van der Waals surface area contributed by atoms with Crippen molar-refractivity contribution in [3.05, 3.63) is 35.8 Å². The van der Waals surface area contributed by atoms with Crippen molar-refractivity contribution in [1.82, 2.24) is 34.1 Å². The van der Waals surface area contributed by atoms with Crippen LogP contribution in [0.25, 0.3) is 22.9 Å². The minimum Gasteiger partial charge on any atom is -0.491 e. The summed E-state index contributed by atoms with van der Waals surface area (Å²) >= 11 is 0. The van der Waals surface area contributed by atoms with Crippen LogP contribution in [0.15, 0.2) is 24.7 Å². The minimum atomic E-state index is 0.225. The highest BCUT2D eigenvalue weighted by molar-refractivity contribution is 5.70. The largest absolute Gasteiger partial charge is 0.491 e. The van der Waals surface area contributed by atoms with Gasteiger partial charge in [0.15, 0.2) is 5.82 Å². The van der Waals surface area contributed by atoms with Crippen molar-refractivity contribution in [2.45, 2.75) is 66.2 Å². The molecule has 1 saturated heterocycles. The molecule has 0 unspecified atom stereocenters. The highest BCUT2D eigenvalue weighted by atomic mass is 16.5. The number of rotatable bonds is 4. The fourth-order valence-corrected chi connectivity index (χ4v) is 4.98. The predicted molar refractivity (Wildman–Crippen MR) is 134 cm³/mol. The molecule has 0 N–H and O–H groups in total. The van der Waals surface area contributed by atoms with Gasteiger partial charge in [-0.15, -0.1) is 0 Å². The van der Waals surface area contributed by atoms with Gasteiger partial charge in [0.2, 0.25) is 0 Å². The van der Waals surface area contributed by atoms with Gasteiger partial charge < -0.3 is 9.30 Å². The number of benzene rings is 1. The third kappa shape index (κ3) is 4.36. The molecule has 0 saturated carbocycles. The molecular formula is C26H37N7O. The molecule has 5 rings (SSSR count). The Balaban J connectivity index is 1.44. The monoisotopic (exact) mass is 463 g/mol. The van der Waals surface area contributed by atoms with Crippen LogP contribution < -0.4 is 4.74 Å². The van der Waals surface area contributed by atoms with Crippen LogP contribution in [0, 0.1) is 6.92 Å². The van der Waals surface area contributed by atoms with E-state index in [-0.39, 0.29) is 11.6 Å². The quantitative estimate of drug-likeness (QED) is 0.583. The zero-order valence-electron chi connectivity index (χ0n) is 21.4. The van der Waals surface area contributed by atoms with E-state index in [0.717, 1.165) is 67.9 Å². The number of aryl methyl sites for hydroxylation is 1. The van der Waals surface area contributed by atoms with Crippen LogP contribution in [-0.2, 0) is 13.1 Å². The summed E-state index contributed by atoms with van der Waals surface area (Å²) in [5.74, 6) is 2.67. The van der Waals surface area contributed by atoms with E-state index in [1.165, 1.54) is 11.1 Å². The molecule has 0 amide bonds. The average molecular weight is 464 g/mol. The second-order valence-electron chi connectivity index (χ2n) is 10.8. The third-order valence-corrected chi connectivity index (χ3v) is 7.05. The molecule has 0 aliphatic carbocycles. The molecule has 34 heavy (non-hydrogen) atoms. The number of hydrogen-bond acceptors (Lipinski definition) is 6. The van der Waals surface area contributed by atoms with Crippen LogP contribution in [0.1, 0.15) is 51.8 Å². The van der Waals surface area contributed by atoms with Crippen LogP contribution in [0.4, 0.5) is 0 Å². The maximum absolute atomic E-state index is 6.14. The molecule has 2 aromatic heterocycles. The van der Waals surface area contributed by atoms with E-state index in [1.54, 1.807) is 6.33 Å². The lowest BCUT2D eigenvalue weighted by atomic mass is 10.0. The first-order valence-electron chi connectivity index (χ1n) is 12.4. The number of imidazole rings is 1. The van der Waals surface area contributed by atoms with E-state index in [2.05, 4.69) is 84.3 Å². The van der Waals surface area contributed by atoms with Gasteiger partial charge in [0, 0.05) is 50.5 Å². The van der Waals surface area contributed by atoms with Crippen LogP contribution in [0.2, 0.25) is 0 Å². The topological polar surface area (TPSA) is 64.2 Å². The first kappa shape index (κ1) is 23.1. The number of hydrogen-bond donors (Lipinski definition) is 0. The Morgan fingerprint density at radius 3 is 2.50 bits per heavy atom. The van der Waals surface area contributed by atoms with Crippen LogP contribution in [0.5, 0.6) is 5.75 Å². The predicted octanol–water partition coefficient (Wildman–Crippen LogP) is 4.01. The van der Waals surface area contributed by atoms with Crippen LogP contribution in [-0.4, -0.2) is 72.4 Å². The zero-order valence-corrected chi connectivity index (χ0v) is 21.4. The van der Waals surface area contributed by atoms with Gasteiger partial charge in [0.1, 0.15) is 30.2 Å². The summed E-state index contributed by atoms with van der Waals surface area (Å²) in [5.41, 5.74) is 4.77. The third-order valence-electron chi connectivity index (χ3n) is 7.05. The van der Waals surface area contributed by atoms with E-state index < -0.39 is 0 Å². The normalized spacial score (nSPS) is 17.4. The van der Waals surface area contributed by atoms with Gasteiger partial charge >= 0.3 is 0 Å². The first-order chi connectivity index (χ1) is 16.2. The van der Waals surface area contributed by atoms with Crippen molar-refractivity contribution in [3.63, 3.8) is 0 Å². The standard InChI is InChI=1S/C26H37N7O/c1-18(2)33-25(27-17-28-33)22-16-31-11-12-34-23-13-19(3)20(14-21(23)24(31)29-22)15-30-7-9-32(10-8-30)26(4,5)6/h13-14,16-18H,7-12,15H2,1-6H3. The molecular weight excluding hydrogens is 426 g/mol. The molecule has 0 radical (unpaired) electrons. The molecule has 0 bridgehead atoms. The Kier molecular flexibility index (Phi) is 5.98. The summed E-state index contributed by atoms with van der Waals surface area (Å²) in [4.78, 5) is 14.7. The Morgan fingerprint density at radius 1 is 1.03 bits per heavy atom. The zero-order chi connectivity index (χ0) is 24.0. The molecule has 4 heterocycles. The molecule has 2 aliphatic rings. The van der Waals surface area contributed by atoms with Crippen molar-refractivity contribution >= 4 is 0 Å². The average Bonchev–Trinajstić information content (AvgIpc) is 3.39. The summed E-state index contributed by atoms with van der Waals surface area (Å²) < 4.78 is 10.3. The lowest BCUT2D eigenvalue weighted by Gasteiger charge is -2.42. The molecule has 1 fully saturated rings. The lowest BCUT2D eigenvalue weighted by Crippen LogP contribution is -2.53. The van der Waals surface area contributed by atoms with Gasteiger partial charge in [-0.05, 0) is 64.8 Å². The molecule has 0 spiro atoms. The molecule has 8 heteroatoms. The van der Waals surface area contributed by atoms with Crippen molar-refractivity contribution in [2.24, 2.45) is 0 Å². The maximum atomic E-state index is 6.14. The minimum absolute atomic E-state index is 0.225. The second kappa shape index (κ2) is 8.82. The van der Waals surface area contributed by atoms with Crippen molar-refractivity contribution in [3.8, 4) is 28.7 Å². The molecule has 2 aliphatic heterocycles. The van der Waals surface area contributed by atoms with Crippen LogP contribution >= 0.6 is 0 Å². The number of aromatic nitrogens is 5. The van der Waals surface area contributed by atoms with E-state index in [4.69, 9.17) is 9.72 Å². The smallest absolute Gasteiger partial charge is 0.178 e.